The van der Waals surface area contributed by atoms with Crippen molar-refractivity contribution in [2.24, 2.45) is 23.7 Å². The lowest BCUT2D eigenvalue weighted by Gasteiger charge is -2.59. The van der Waals surface area contributed by atoms with Crippen LogP contribution < -0.4 is 5.32 Å². The molecule has 0 aromatic rings. The number of rotatable bonds is 6. The van der Waals surface area contributed by atoms with Crippen LogP contribution >= 0.6 is 0 Å². The van der Waals surface area contributed by atoms with E-state index in [0.717, 1.165) is 32.1 Å². The van der Waals surface area contributed by atoms with E-state index in [1.165, 1.54) is 0 Å². The number of hydrogen-bond donors (Lipinski definition) is 1. The van der Waals surface area contributed by atoms with Gasteiger partial charge < -0.3 is 19.5 Å². The van der Waals surface area contributed by atoms with Crippen LogP contribution in [0.1, 0.15) is 79.6 Å². The fraction of sp³-hybridized carbons (Fsp3) is 0.913. The third-order valence-electron chi connectivity index (χ3n) is 7.92. The molecule has 0 aromatic carbocycles. The summed E-state index contributed by atoms with van der Waals surface area (Å²) in [6.45, 7) is 10.1. The molecule has 1 aliphatic carbocycles. The molecule has 5 fully saturated rings. The first-order valence-corrected chi connectivity index (χ1v) is 11.9. The zero-order valence-corrected chi connectivity index (χ0v) is 19.3. The molecule has 9 atom stereocenters. The van der Waals surface area contributed by atoms with Gasteiger partial charge in [0.15, 0.2) is 11.9 Å². The summed E-state index contributed by atoms with van der Waals surface area (Å²) in [5.74, 6) is -0.666. The first-order valence-electron chi connectivity index (χ1n) is 11.9. The fourth-order valence-electron chi connectivity index (χ4n) is 5.86. The highest BCUT2D eigenvalue weighted by atomic mass is 17.3. The first-order chi connectivity index (χ1) is 14.7. The monoisotopic (exact) mass is 439 g/mol. The maximum absolute atomic E-state index is 12.5. The second-order valence-corrected chi connectivity index (χ2v) is 10.1. The second-order valence-electron chi connectivity index (χ2n) is 10.1. The SMILES string of the molecule is CC[C@@H](C)NC(=O)CCC(=O)O[C@H]1O[C@H]2O[C@@]3(C)CC[C@H]4[C@H](C)CC[C@@H]([C@H]1C)[C@]24OO3. The molecule has 0 unspecified atom stereocenters. The lowest BCUT2D eigenvalue weighted by Crippen LogP contribution is -2.70. The summed E-state index contributed by atoms with van der Waals surface area (Å²) in [6.07, 6.45) is 3.31. The number of nitrogens with one attached hydrogen (secondary N) is 1. The van der Waals surface area contributed by atoms with Crippen LogP contribution in [0.15, 0.2) is 0 Å². The van der Waals surface area contributed by atoms with Gasteiger partial charge in [0.05, 0.1) is 6.42 Å². The largest absolute Gasteiger partial charge is 0.435 e. The van der Waals surface area contributed by atoms with Gasteiger partial charge in [-0.05, 0) is 51.4 Å². The Balaban J connectivity index is 1.44. The van der Waals surface area contributed by atoms with Gasteiger partial charge in [0.2, 0.25) is 18.0 Å². The van der Waals surface area contributed by atoms with E-state index in [-0.39, 0.29) is 42.5 Å². The predicted octanol–water partition coefficient (Wildman–Crippen LogP) is 3.43. The van der Waals surface area contributed by atoms with Crippen molar-refractivity contribution in [1.29, 1.82) is 0 Å². The zero-order chi connectivity index (χ0) is 22.4. The van der Waals surface area contributed by atoms with Crippen LogP contribution in [0.2, 0.25) is 0 Å². The van der Waals surface area contributed by atoms with E-state index >= 15 is 0 Å². The number of esters is 1. The number of carbonyl (C=O) groups excluding carboxylic acids is 2. The molecule has 4 heterocycles. The van der Waals surface area contributed by atoms with E-state index in [0.29, 0.717) is 5.92 Å². The Hall–Kier alpha value is -1.22. The minimum atomic E-state index is -0.860. The summed E-state index contributed by atoms with van der Waals surface area (Å²) in [4.78, 5) is 36.4. The lowest BCUT2D eigenvalue weighted by atomic mass is 9.58. The molecule has 5 rings (SSSR count). The average molecular weight is 440 g/mol. The van der Waals surface area contributed by atoms with Gasteiger partial charge >= 0.3 is 5.97 Å². The summed E-state index contributed by atoms with van der Waals surface area (Å²) in [5.41, 5.74) is -0.674. The van der Waals surface area contributed by atoms with E-state index < -0.39 is 29.9 Å². The van der Waals surface area contributed by atoms with Crippen molar-refractivity contribution in [2.75, 3.05) is 0 Å². The molecule has 176 valence electrons. The Bertz CT molecular complexity index is 701. The first kappa shape index (κ1) is 23.0. The van der Waals surface area contributed by atoms with Crippen LogP contribution in [0.25, 0.3) is 0 Å². The second kappa shape index (κ2) is 8.61. The quantitative estimate of drug-likeness (QED) is 0.501. The average Bonchev–Trinajstić information content (AvgIpc) is 2.96. The molecule has 8 nitrogen and oxygen atoms in total. The maximum atomic E-state index is 12.5. The highest BCUT2D eigenvalue weighted by molar-refractivity contribution is 5.81. The molecular weight excluding hydrogens is 402 g/mol. The highest BCUT2D eigenvalue weighted by Gasteiger charge is 2.69. The molecule has 5 aliphatic rings. The van der Waals surface area contributed by atoms with E-state index in [2.05, 4.69) is 12.2 Å². The summed E-state index contributed by atoms with van der Waals surface area (Å²) in [6, 6.07) is 0.0921. The molecule has 4 saturated heterocycles. The maximum Gasteiger partial charge on any atom is 0.308 e. The number of carbonyl (C=O) groups is 2. The van der Waals surface area contributed by atoms with Crippen LogP contribution in [-0.4, -0.2) is 41.9 Å². The van der Waals surface area contributed by atoms with Gasteiger partial charge in [0.1, 0.15) is 0 Å². The number of ether oxygens (including phenoxy) is 3. The molecule has 31 heavy (non-hydrogen) atoms. The summed E-state index contributed by atoms with van der Waals surface area (Å²) < 4.78 is 18.2. The molecule has 1 saturated carbocycles. The smallest absolute Gasteiger partial charge is 0.308 e. The number of amides is 1. The van der Waals surface area contributed by atoms with Crippen molar-refractivity contribution < 1.29 is 33.6 Å². The molecule has 2 bridgehead atoms. The lowest BCUT2D eigenvalue weighted by molar-refractivity contribution is -0.576. The summed E-state index contributed by atoms with van der Waals surface area (Å²) in [5, 5.41) is 2.87. The van der Waals surface area contributed by atoms with Gasteiger partial charge in [0.25, 0.3) is 0 Å². The Labute approximate surface area is 184 Å². The third kappa shape index (κ3) is 4.12. The van der Waals surface area contributed by atoms with Crippen LogP contribution in [-0.2, 0) is 33.6 Å². The molecule has 8 heteroatoms. The van der Waals surface area contributed by atoms with Crippen LogP contribution in [0.4, 0.5) is 0 Å². The van der Waals surface area contributed by atoms with Gasteiger partial charge in [-0.3, -0.25) is 9.59 Å². The third-order valence-corrected chi connectivity index (χ3v) is 7.92. The van der Waals surface area contributed by atoms with E-state index in [1.54, 1.807) is 0 Å². The van der Waals surface area contributed by atoms with Crippen LogP contribution in [0.3, 0.4) is 0 Å². The normalized spacial score (nSPS) is 44.7. The molecule has 1 N–H and O–H groups in total. The number of hydrogen-bond acceptors (Lipinski definition) is 7. The molecule has 1 amide bonds. The van der Waals surface area contributed by atoms with Gasteiger partial charge in [-0.15, -0.1) is 0 Å². The molecule has 0 aromatic heterocycles. The van der Waals surface area contributed by atoms with Crippen molar-refractivity contribution in [3.63, 3.8) is 0 Å². The predicted molar refractivity (Wildman–Crippen MR) is 110 cm³/mol. The van der Waals surface area contributed by atoms with Crippen molar-refractivity contribution in [3.05, 3.63) is 0 Å². The van der Waals surface area contributed by atoms with Crippen molar-refractivity contribution in [2.45, 2.75) is 110 Å². The molecule has 4 aliphatic heterocycles. The molecular formula is C23H37NO7. The van der Waals surface area contributed by atoms with Crippen LogP contribution in [0, 0.1) is 23.7 Å². The van der Waals surface area contributed by atoms with Crippen LogP contribution in [0.5, 0.6) is 0 Å². The van der Waals surface area contributed by atoms with Crippen molar-refractivity contribution in [1.82, 2.24) is 5.32 Å². The minimum Gasteiger partial charge on any atom is -0.435 e. The van der Waals surface area contributed by atoms with E-state index in [9.17, 15) is 9.59 Å². The molecule has 1 spiro atoms. The van der Waals surface area contributed by atoms with Crippen molar-refractivity contribution in [3.8, 4) is 0 Å². The van der Waals surface area contributed by atoms with E-state index in [1.807, 2.05) is 27.7 Å². The Morgan fingerprint density at radius 2 is 1.90 bits per heavy atom. The highest BCUT2D eigenvalue weighted by Crippen LogP contribution is 2.60. The minimum absolute atomic E-state index is 0.0210. The standard InChI is InChI=1S/C23H37NO7/c1-6-14(3)24-18(25)9-10-19(26)27-20-15(4)17-8-7-13(2)16-11-12-22(5)29-21(28-20)23(16,17)31-30-22/h13-17,20-21H,6-12H2,1-5H3,(H,24,25)/t13-,14-,15-,16+,17+,20+,21+,22-,23+/m1/s1. The summed E-state index contributed by atoms with van der Waals surface area (Å²) >= 11 is 0. The Morgan fingerprint density at radius 3 is 2.65 bits per heavy atom. The van der Waals surface area contributed by atoms with Gasteiger partial charge in [-0.1, -0.05) is 20.8 Å². The van der Waals surface area contributed by atoms with Gasteiger partial charge in [-0.2, -0.15) is 0 Å². The topological polar surface area (TPSA) is 92.3 Å². The summed E-state index contributed by atoms with van der Waals surface area (Å²) in [7, 11) is 0. The number of fused-ring (bicyclic) bond motifs is 2. The van der Waals surface area contributed by atoms with Crippen molar-refractivity contribution >= 4 is 11.9 Å². The van der Waals surface area contributed by atoms with Gasteiger partial charge in [-0.25, -0.2) is 9.78 Å². The Morgan fingerprint density at radius 1 is 1.13 bits per heavy atom. The van der Waals surface area contributed by atoms with Gasteiger partial charge in [0, 0.05) is 30.7 Å². The Kier molecular flexibility index (Phi) is 6.38. The van der Waals surface area contributed by atoms with E-state index in [4.69, 9.17) is 24.0 Å². The zero-order valence-electron chi connectivity index (χ0n) is 19.3. The molecule has 0 radical (unpaired) electrons. The fourth-order valence-corrected chi connectivity index (χ4v) is 5.86.